The summed E-state index contributed by atoms with van der Waals surface area (Å²) in [5.41, 5.74) is 2.01. The molecule has 14 nitrogen and oxygen atoms in total. The van der Waals surface area contributed by atoms with Crippen LogP contribution < -0.4 is 10.6 Å². The minimum Gasteiger partial charge on any atom is -0.349 e. The minimum absolute atomic E-state index is 0.0346. The lowest BCUT2D eigenvalue weighted by atomic mass is 10.1. The Morgan fingerprint density at radius 1 is 0.738 bits per heavy atom. The summed E-state index contributed by atoms with van der Waals surface area (Å²) in [5, 5.41) is 34.8. The monoisotopic (exact) mass is 620 g/mol. The van der Waals surface area contributed by atoms with Gasteiger partial charge in [-0.2, -0.15) is 0 Å². The first-order valence-electron chi connectivity index (χ1n) is 14.0. The van der Waals surface area contributed by atoms with E-state index in [1.165, 1.54) is 0 Å². The third kappa shape index (κ3) is 9.38. The highest BCUT2D eigenvalue weighted by Crippen LogP contribution is 2.19. The van der Waals surface area contributed by atoms with Gasteiger partial charge in [0.1, 0.15) is 20.5 Å². The van der Waals surface area contributed by atoms with Crippen molar-refractivity contribution in [1.82, 2.24) is 30.4 Å². The van der Waals surface area contributed by atoms with E-state index in [0.29, 0.717) is 61.2 Å². The van der Waals surface area contributed by atoms with Gasteiger partial charge < -0.3 is 20.4 Å². The van der Waals surface area contributed by atoms with Gasteiger partial charge >= 0.3 is 0 Å². The fraction of sp³-hybridized carbons (Fsp3) is 0.538. The molecule has 0 aliphatic carbocycles. The second-order valence-electron chi connectivity index (χ2n) is 10.3. The molecule has 0 aromatic carbocycles. The molecule has 0 spiro atoms. The van der Waals surface area contributed by atoms with E-state index in [4.69, 9.17) is 23.2 Å². The molecular formula is C26H34Cl2N10O4. The molecule has 0 saturated carbocycles. The number of halogens is 2. The van der Waals surface area contributed by atoms with Gasteiger partial charge in [0, 0.05) is 38.6 Å². The SMILES string of the molecule is O=[N+]([O-])N=C1NCC(Cc2ccc(Cl)nc2)N1CCCCCCCCN1C(=N[N+](=O)[O-])NCC1Cc1ccc(Cl)nc1. The Labute approximate surface area is 253 Å². The first-order chi connectivity index (χ1) is 20.3. The van der Waals surface area contributed by atoms with Crippen molar-refractivity contribution in [3.63, 3.8) is 0 Å². The molecule has 2 atom stereocenters. The van der Waals surface area contributed by atoms with Crippen LogP contribution in [0.25, 0.3) is 0 Å². The van der Waals surface area contributed by atoms with Gasteiger partial charge in [0.05, 0.1) is 12.1 Å². The molecule has 0 radical (unpaired) electrons. The smallest absolute Gasteiger partial charge is 0.271 e. The summed E-state index contributed by atoms with van der Waals surface area (Å²) in [6.07, 6.45) is 10.5. The molecule has 226 valence electrons. The Morgan fingerprint density at radius 2 is 1.14 bits per heavy atom. The number of unbranched alkanes of at least 4 members (excludes halogenated alkanes) is 5. The second kappa shape index (κ2) is 15.4. The highest BCUT2D eigenvalue weighted by Gasteiger charge is 2.32. The Balaban J connectivity index is 1.20. The Hall–Kier alpha value is -3.78. The number of aromatic nitrogens is 2. The molecule has 4 heterocycles. The maximum absolute atomic E-state index is 11.0. The molecule has 0 amide bonds. The van der Waals surface area contributed by atoms with Gasteiger partial charge in [0.2, 0.25) is 0 Å². The average molecular weight is 622 g/mol. The number of guanidine groups is 2. The second-order valence-corrected chi connectivity index (χ2v) is 11.1. The van der Waals surface area contributed by atoms with Crippen LogP contribution >= 0.6 is 23.2 Å². The molecule has 2 aromatic heterocycles. The fourth-order valence-corrected chi connectivity index (χ4v) is 5.56. The lowest BCUT2D eigenvalue weighted by molar-refractivity contribution is -0.485. The van der Waals surface area contributed by atoms with Crippen LogP contribution in [-0.2, 0) is 12.8 Å². The number of nitrogens with zero attached hydrogens (tertiary/aromatic N) is 8. The number of hydrazone groups is 2. The Bertz CT molecular complexity index is 1170. The molecule has 2 saturated heterocycles. The highest BCUT2D eigenvalue weighted by atomic mass is 35.5. The summed E-state index contributed by atoms with van der Waals surface area (Å²) >= 11 is 11.8. The summed E-state index contributed by atoms with van der Waals surface area (Å²) in [4.78, 5) is 34.3. The van der Waals surface area contributed by atoms with E-state index in [1.54, 1.807) is 24.5 Å². The first-order valence-corrected chi connectivity index (χ1v) is 14.7. The molecule has 2 fully saturated rings. The number of pyridine rings is 2. The van der Waals surface area contributed by atoms with Crippen LogP contribution in [0.4, 0.5) is 0 Å². The molecule has 42 heavy (non-hydrogen) atoms. The van der Waals surface area contributed by atoms with Crippen LogP contribution in [0.3, 0.4) is 0 Å². The Morgan fingerprint density at radius 3 is 1.50 bits per heavy atom. The van der Waals surface area contributed by atoms with E-state index in [0.717, 1.165) is 49.7 Å². The molecule has 4 rings (SSSR count). The number of rotatable bonds is 15. The van der Waals surface area contributed by atoms with E-state index in [-0.39, 0.29) is 12.1 Å². The van der Waals surface area contributed by atoms with Crippen molar-refractivity contribution < 1.29 is 10.1 Å². The van der Waals surface area contributed by atoms with Crippen LogP contribution in [0.1, 0.15) is 49.7 Å². The normalized spacial score (nSPS) is 20.2. The molecule has 2 unspecified atom stereocenters. The van der Waals surface area contributed by atoms with Gasteiger partial charge in [-0.15, -0.1) is 0 Å². The van der Waals surface area contributed by atoms with Crippen molar-refractivity contribution in [3.8, 4) is 0 Å². The number of hydrogen-bond donors (Lipinski definition) is 2. The van der Waals surface area contributed by atoms with Crippen molar-refractivity contribution in [2.75, 3.05) is 26.2 Å². The van der Waals surface area contributed by atoms with Gasteiger partial charge in [-0.3, -0.25) is 0 Å². The van der Waals surface area contributed by atoms with Gasteiger partial charge in [-0.1, -0.05) is 61.0 Å². The van der Waals surface area contributed by atoms with E-state index >= 15 is 0 Å². The van der Waals surface area contributed by atoms with Crippen LogP contribution in [0.2, 0.25) is 10.3 Å². The lowest BCUT2D eigenvalue weighted by Gasteiger charge is -2.24. The summed E-state index contributed by atoms with van der Waals surface area (Å²) in [6, 6.07) is 7.38. The molecular weight excluding hydrogens is 587 g/mol. The Kier molecular flexibility index (Phi) is 11.5. The number of nitrogens with one attached hydrogen (secondary N) is 2. The third-order valence-corrected chi connectivity index (χ3v) is 7.79. The van der Waals surface area contributed by atoms with E-state index < -0.39 is 10.1 Å². The minimum atomic E-state index is -0.670. The van der Waals surface area contributed by atoms with E-state index in [9.17, 15) is 20.2 Å². The molecule has 2 aliphatic rings. The van der Waals surface area contributed by atoms with Crippen molar-refractivity contribution in [3.05, 3.63) is 78.3 Å². The molecule has 0 bridgehead atoms. The summed E-state index contributed by atoms with van der Waals surface area (Å²) in [6.45, 7) is 2.45. The number of nitro groups is 2. The zero-order valence-corrected chi connectivity index (χ0v) is 24.6. The van der Waals surface area contributed by atoms with Crippen LogP contribution in [-0.4, -0.2) is 80.0 Å². The summed E-state index contributed by atoms with van der Waals surface area (Å²) in [7, 11) is 0. The van der Waals surface area contributed by atoms with Gasteiger partial charge in [0.15, 0.2) is 10.1 Å². The maximum Gasteiger partial charge on any atom is 0.271 e. The van der Waals surface area contributed by atoms with Gasteiger partial charge in [-0.05, 0) is 48.9 Å². The topological polar surface area (TPSA) is 167 Å². The first kappa shape index (κ1) is 31.2. The van der Waals surface area contributed by atoms with E-state index in [1.807, 2.05) is 21.9 Å². The predicted molar refractivity (Wildman–Crippen MR) is 159 cm³/mol. The quantitative estimate of drug-likeness (QED) is 0.130. The zero-order valence-electron chi connectivity index (χ0n) is 23.1. The molecule has 2 aliphatic heterocycles. The molecule has 2 N–H and O–H groups in total. The largest absolute Gasteiger partial charge is 0.349 e. The summed E-state index contributed by atoms with van der Waals surface area (Å²) in [5.74, 6) is 0.588. The number of hydrogen-bond acceptors (Lipinski definition) is 6. The van der Waals surface area contributed by atoms with Gasteiger partial charge in [-0.25, -0.2) is 30.2 Å². The van der Waals surface area contributed by atoms with Crippen molar-refractivity contribution in [2.24, 2.45) is 10.2 Å². The average Bonchev–Trinajstić information content (AvgIpc) is 3.50. The highest BCUT2D eigenvalue weighted by molar-refractivity contribution is 6.29. The lowest BCUT2D eigenvalue weighted by Crippen LogP contribution is -2.38. The van der Waals surface area contributed by atoms with Crippen LogP contribution in [0, 0.1) is 20.2 Å². The van der Waals surface area contributed by atoms with Crippen molar-refractivity contribution in [2.45, 2.75) is 63.5 Å². The predicted octanol–water partition coefficient (Wildman–Crippen LogP) is 3.55. The maximum atomic E-state index is 11.0. The third-order valence-electron chi connectivity index (χ3n) is 7.34. The fourth-order valence-electron chi connectivity index (χ4n) is 5.34. The van der Waals surface area contributed by atoms with Crippen LogP contribution in [0.5, 0.6) is 0 Å². The van der Waals surface area contributed by atoms with E-state index in [2.05, 4.69) is 30.8 Å². The van der Waals surface area contributed by atoms with Crippen LogP contribution in [0.15, 0.2) is 46.9 Å². The van der Waals surface area contributed by atoms with Crippen molar-refractivity contribution in [1.29, 1.82) is 0 Å². The molecule has 16 heteroatoms. The molecule has 2 aromatic rings. The van der Waals surface area contributed by atoms with Crippen molar-refractivity contribution >= 4 is 35.1 Å². The summed E-state index contributed by atoms with van der Waals surface area (Å²) < 4.78 is 0. The van der Waals surface area contributed by atoms with Gasteiger partial charge in [0.25, 0.3) is 11.9 Å². The standard InChI is InChI=1S/C26H34Cl2N10O4/c27-23-9-7-19(15-29-23)13-21-17-31-25(33-37(39)40)35(21)11-5-3-1-2-4-6-12-36-22(18-32-26(36)34-38(41)42)14-20-8-10-24(28)30-16-20/h7-10,15-16,21-22H,1-6,11-14,17-18H2,(H,31,33)(H,32,34). The zero-order chi connectivity index (χ0) is 29.9.